The average Bonchev–Trinajstić information content (AvgIpc) is 2.40. The van der Waals surface area contributed by atoms with Gasteiger partial charge in [0.05, 0.1) is 0 Å². The topological polar surface area (TPSA) is 12.0 Å². The number of anilines is 1. The van der Waals surface area contributed by atoms with Crippen molar-refractivity contribution in [2.75, 3.05) is 5.32 Å². The lowest BCUT2D eigenvalue weighted by Crippen LogP contribution is -2.19. The third-order valence-electron chi connectivity index (χ3n) is 4.70. The van der Waals surface area contributed by atoms with Crippen LogP contribution in [0.1, 0.15) is 81.8 Å². The first-order valence-corrected chi connectivity index (χ1v) is 9.09. The van der Waals surface area contributed by atoms with E-state index < -0.39 is 0 Å². The summed E-state index contributed by atoms with van der Waals surface area (Å²) in [6.45, 7) is 4.39. The molecule has 2 rings (SSSR count). The van der Waals surface area contributed by atoms with Crippen LogP contribution in [0.3, 0.4) is 0 Å². The van der Waals surface area contributed by atoms with E-state index in [0.717, 1.165) is 0 Å². The molecule has 21 heavy (non-hydrogen) atoms. The molecule has 0 amide bonds. The summed E-state index contributed by atoms with van der Waals surface area (Å²) in [6.07, 6.45) is 15.6. The summed E-state index contributed by atoms with van der Waals surface area (Å²) in [5.74, 6) is 0. The van der Waals surface area contributed by atoms with Crippen molar-refractivity contribution in [3.05, 3.63) is 29.3 Å². The molecule has 1 N–H and O–H groups in total. The van der Waals surface area contributed by atoms with Gasteiger partial charge in [-0.05, 0) is 49.9 Å². The lowest BCUT2D eigenvalue weighted by molar-refractivity contribution is 0.480. The quantitative estimate of drug-likeness (QED) is 0.664. The molecule has 0 radical (unpaired) electrons. The van der Waals surface area contributed by atoms with Crippen molar-refractivity contribution in [3.63, 3.8) is 0 Å². The smallest absolute Gasteiger partial charge is 0.0347 e. The van der Waals surface area contributed by atoms with Crippen molar-refractivity contribution in [3.8, 4) is 0 Å². The largest absolute Gasteiger partial charge is 0.382 e. The van der Waals surface area contributed by atoms with E-state index in [-0.39, 0.29) is 0 Å². The molecule has 1 saturated carbocycles. The monoisotopic (exact) mass is 287 g/mol. The van der Waals surface area contributed by atoms with Crippen LogP contribution in [0.4, 0.5) is 5.69 Å². The minimum absolute atomic E-state index is 0.672. The molecular weight excluding hydrogens is 254 g/mol. The highest BCUT2D eigenvalue weighted by molar-refractivity contribution is 5.49. The van der Waals surface area contributed by atoms with E-state index in [1.165, 1.54) is 87.4 Å². The van der Waals surface area contributed by atoms with Crippen LogP contribution >= 0.6 is 0 Å². The first kappa shape index (κ1) is 16.4. The summed E-state index contributed by atoms with van der Waals surface area (Å²) in [4.78, 5) is 0. The second kappa shape index (κ2) is 9.12. The molecule has 1 aliphatic carbocycles. The average molecular weight is 287 g/mol. The van der Waals surface area contributed by atoms with Gasteiger partial charge in [0.2, 0.25) is 0 Å². The Morgan fingerprint density at radius 3 is 1.57 bits per heavy atom. The van der Waals surface area contributed by atoms with Crippen molar-refractivity contribution in [1.82, 2.24) is 0 Å². The third kappa shape index (κ3) is 6.54. The zero-order valence-electron chi connectivity index (χ0n) is 14.1. The van der Waals surface area contributed by atoms with Crippen LogP contribution in [0.15, 0.2) is 18.2 Å². The molecule has 0 aliphatic heterocycles. The second-order valence-corrected chi connectivity index (χ2v) is 6.98. The van der Waals surface area contributed by atoms with Crippen LogP contribution in [0.5, 0.6) is 0 Å². The van der Waals surface area contributed by atoms with Gasteiger partial charge in [-0.15, -0.1) is 0 Å². The fourth-order valence-electron chi connectivity index (χ4n) is 3.60. The Hall–Kier alpha value is -0.980. The van der Waals surface area contributed by atoms with E-state index in [4.69, 9.17) is 0 Å². The molecule has 0 heterocycles. The van der Waals surface area contributed by atoms with Crippen molar-refractivity contribution in [2.45, 2.75) is 90.5 Å². The Kier molecular flexibility index (Phi) is 7.12. The van der Waals surface area contributed by atoms with Crippen LogP contribution in [0, 0.1) is 13.8 Å². The van der Waals surface area contributed by atoms with E-state index in [9.17, 15) is 0 Å². The third-order valence-corrected chi connectivity index (χ3v) is 4.70. The maximum absolute atomic E-state index is 3.81. The fraction of sp³-hybridized carbons (Fsp3) is 0.700. The minimum atomic E-state index is 0.672. The van der Waals surface area contributed by atoms with Crippen LogP contribution in [0.2, 0.25) is 0 Å². The first-order valence-electron chi connectivity index (χ1n) is 9.09. The molecule has 1 fully saturated rings. The van der Waals surface area contributed by atoms with Gasteiger partial charge in [0.1, 0.15) is 0 Å². The highest BCUT2D eigenvalue weighted by Gasteiger charge is 2.09. The summed E-state index contributed by atoms with van der Waals surface area (Å²) < 4.78 is 0. The lowest BCUT2D eigenvalue weighted by atomic mass is 9.97. The Morgan fingerprint density at radius 1 is 0.667 bits per heavy atom. The molecule has 0 bridgehead atoms. The second-order valence-electron chi connectivity index (χ2n) is 6.98. The van der Waals surface area contributed by atoms with Gasteiger partial charge >= 0.3 is 0 Å². The predicted molar refractivity (Wildman–Crippen MR) is 94.1 cm³/mol. The van der Waals surface area contributed by atoms with E-state index in [1.807, 2.05) is 0 Å². The maximum Gasteiger partial charge on any atom is 0.0347 e. The molecule has 0 spiro atoms. The summed E-state index contributed by atoms with van der Waals surface area (Å²) in [5.41, 5.74) is 4.06. The highest BCUT2D eigenvalue weighted by atomic mass is 14.9. The minimum Gasteiger partial charge on any atom is -0.382 e. The Morgan fingerprint density at radius 2 is 1.10 bits per heavy atom. The van der Waals surface area contributed by atoms with Crippen molar-refractivity contribution < 1.29 is 0 Å². The maximum atomic E-state index is 3.81. The normalized spacial score (nSPS) is 19.5. The van der Waals surface area contributed by atoms with Crippen molar-refractivity contribution in [2.24, 2.45) is 0 Å². The van der Waals surface area contributed by atoms with E-state index >= 15 is 0 Å². The molecule has 1 aliphatic rings. The first-order chi connectivity index (χ1) is 10.2. The molecule has 0 aromatic heterocycles. The van der Waals surface area contributed by atoms with Crippen molar-refractivity contribution in [1.29, 1.82) is 0 Å². The summed E-state index contributed by atoms with van der Waals surface area (Å²) in [6, 6.07) is 7.52. The molecule has 1 aromatic carbocycles. The molecule has 0 saturated heterocycles. The summed E-state index contributed by atoms with van der Waals surface area (Å²) in [7, 11) is 0. The van der Waals surface area contributed by atoms with E-state index in [2.05, 4.69) is 37.4 Å². The number of rotatable bonds is 2. The number of hydrogen-bond donors (Lipinski definition) is 1. The molecular formula is C20H33N. The van der Waals surface area contributed by atoms with Crippen LogP contribution < -0.4 is 5.32 Å². The zero-order chi connectivity index (χ0) is 14.9. The fourth-order valence-corrected chi connectivity index (χ4v) is 3.60. The van der Waals surface area contributed by atoms with Gasteiger partial charge in [-0.3, -0.25) is 0 Å². The molecule has 0 atom stereocenters. The van der Waals surface area contributed by atoms with Gasteiger partial charge in [-0.25, -0.2) is 0 Å². The highest BCUT2D eigenvalue weighted by Crippen LogP contribution is 2.21. The van der Waals surface area contributed by atoms with Crippen molar-refractivity contribution >= 4 is 5.69 Å². The van der Waals surface area contributed by atoms with Gasteiger partial charge in [-0.2, -0.15) is 0 Å². The van der Waals surface area contributed by atoms with Crippen LogP contribution in [-0.4, -0.2) is 6.04 Å². The van der Waals surface area contributed by atoms with E-state index in [1.54, 1.807) is 0 Å². The number of nitrogens with one attached hydrogen (secondary N) is 1. The molecule has 118 valence electrons. The molecule has 0 unspecified atom stereocenters. The Labute approximate surface area is 131 Å². The van der Waals surface area contributed by atoms with Crippen LogP contribution in [-0.2, 0) is 0 Å². The number of benzene rings is 1. The molecule has 1 heteroatoms. The van der Waals surface area contributed by atoms with Gasteiger partial charge in [-0.1, -0.05) is 63.9 Å². The van der Waals surface area contributed by atoms with E-state index in [0.29, 0.717) is 6.04 Å². The van der Waals surface area contributed by atoms with Gasteiger partial charge in [0.15, 0.2) is 0 Å². The van der Waals surface area contributed by atoms with Gasteiger partial charge in [0.25, 0.3) is 0 Å². The lowest BCUT2D eigenvalue weighted by Gasteiger charge is -2.21. The zero-order valence-corrected chi connectivity index (χ0v) is 14.1. The predicted octanol–water partition coefficient (Wildman–Crippen LogP) is 6.39. The Bertz CT molecular complexity index is 378. The number of aryl methyl sites for hydroxylation is 2. The summed E-state index contributed by atoms with van der Waals surface area (Å²) >= 11 is 0. The standard InChI is InChI=1S/C20H33N/c1-17-14-18(2)16-20(15-17)21-19-12-10-8-6-4-3-5-7-9-11-13-19/h14-16,19,21H,3-13H2,1-2H3. The molecule has 1 aromatic rings. The summed E-state index contributed by atoms with van der Waals surface area (Å²) in [5, 5.41) is 3.81. The Balaban J connectivity index is 1.90. The van der Waals surface area contributed by atoms with Crippen LogP contribution in [0.25, 0.3) is 0 Å². The SMILES string of the molecule is Cc1cc(C)cc(NC2CCCCCCCCCCC2)c1. The van der Waals surface area contributed by atoms with Gasteiger partial charge in [0, 0.05) is 11.7 Å². The molecule has 1 nitrogen and oxygen atoms in total. The number of hydrogen-bond acceptors (Lipinski definition) is 1. The van der Waals surface area contributed by atoms with Gasteiger partial charge < -0.3 is 5.32 Å².